The molecule has 27 heavy (non-hydrogen) atoms. The average Bonchev–Trinajstić information content (AvgIpc) is 2.79. The van der Waals surface area contributed by atoms with E-state index in [1.165, 1.54) is 0 Å². The van der Waals surface area contributed by atoms with Gasteiger partial charge in [-0.15, -0.1) is 0 Å². The summed E-state index contributed by atoms with van der Waals surface area (Å²) in [5.74, 6) is 0.431. The monoisotopic (exact) mass is 398 g/mol. The second-order valence-corrected chi connectivity index (χ2v) is 7.03. The maximum Gasteiger partial charge on any atom is 0.228 e. The number of para-hydroxylation sites is 1. The van der Waals surface area contributed by atoms with Gasteiger partial charge in [0, 0.05) is 33.9 Å². The van der Waals surface area contributed by atoms with Crippen LogP contribution >= 0.6 is 23.2 Å². The van der Waals surface area contributed by atoms with Crippen molar-refractivity contribution in [2.75, 3.05) is 17.2 Å². The number of aromatic nitrogens is 2. The molecule has 7 heteroatoms. The number of carbonyl (C=O) groups is 1. The van der Waals surface area contributed by atoms with Gasteiger partial charge in [0.2, 0.25) is 11.9 Å². The third-order valence-electron chi connectivity index (χ3n) is 4.39. The van der Waals surface area contributed by atoms with E-state index in [9.17, 15) is 4.79 Å². The van der Waals surface area contributed by atoms with Gasteiger partial charge in [-0.3, -0.25) is 4.79 Å². The predicted molar refractivity (Wildman–Crippen MR) is 108 cm³/mol. The van der Waals surface area contributed by atoms with Crippen molar-refractivity contribution in [2.45, 2.75) is 12.8 Å². The molecule has 1 aliphatic rings. The quantitative estimate of drug-likeness (QED) is 0.673. The van der Waals surface area contributed by atoms with Gasteiger partial charge in [-0.1, -0.05) is 47.5 Å². The van der Waals surface area contributed by atoms with Crippen LogP contribution in [0.1, 0.15) is 11.1 Å². The lowest BCUT2D eigenvalue weighted by atomic mass is 10.1. The van der Waals surface area contributed by atoms with Crippen LogP contribution in [0.2, 0.25) is 10.0 Å². The van der Waals surface area contributed by atoms with Crippen LogP contribution in [0, 0.1) is 0 Å². The number of benzene rings is 2. The molecule has 0 saturated heterocycles. The molecular weight excluding hydrogens is 383 g/mol. The van der Waals surface area contributed by atoms with E-state index in [4.69, 9.17) is 23.2 Å². The average molecular weight is 399 g/mol. The maximum absolute atomic E-state index is 12.1. The van der Waals surface area contributed by atoms with Crippen molar-refractivity contribution >= 4 is 40.7 Å². The Hall–Kier alpha value is -2.63. The van der Waals surface area contributed by atoms with Crippen molar-refractivity contribution in [1.29, 1.82) is 0 Å². The lowest BCUT2D eigenvalue weighted by Crippen LogP contribution is -2.13. The molecule has 4 rings (SSSR count). The van der Waals surface area contributed by atoms with Crippen molar-refractivity contribution in [3.63, 3.8) is 0 Å². The van der Waals surface area contributed by atoms with Gasteiger partial charge in [-0.2, -0.15) is 0 Å². The van der Waals surface area contributed by atoms with Crippen LogP contribution in [-0.2, 0) is 17.6 Å². The van der Waals surface area contributed by atoms with Gasteiger partial charge in [0.05, 0.1) is 17.8 Å². The number of amides is 1. The van der Waals surface area contributed by atoms with Crippen LogP contribution in [0.3, 0.4) is 0 Å². The van der Waals surface area contributed by atoms with Gasteiger partial charge in [0.25, 0.3) is 0 Å². The minimum Gasteiger partial charge on any atom is -0.354 e. The van der Waals surface area contributed by atoms with Crippen LogP contribution in [0.15, 0.2) is 48.7 Å². The molecule has 0 spiro atoms. The third-order valence-corrected chi connectivity index (χ3v) is 5.10. The summed E-state index contributed by atoms with van der Waals surface area (Å²) in [4.78, 5) is 21.1. The fourth-order valence-corrected chi connectivity index (χ4v) is 3.68. The number of nitrogens with one attached hydrogen (secondary N) is 2. The van der Waals surface area contributed by atoms with E-state index in [1.807, 2.05) is 42.5 Å². The number of hydrogen-bond acceptors (Lipinski definition) is 4. The second-order valence-electron chi connectivity index (χ2n) is 6.21. The molecule has 2 heterocycles. The van der Waals surface area contributed by atoms with E-state index < -0.39 is 0 Å². The number of fused-ring (bicyclic) bond motifs is 3. The van der Waals surface area contributed by atoms with Gasteiger partial charge in [0.1, 0.15) is 0 Å². The van der Waals surface area contributed by atoms with E-state index in [0.29, 0.717) is 29.0 Å². The third kappa shape index (κ3) is 3.75. The van der Waals surface area contributed by atoms with Gasteiger partial charge in [-0.25, -0.2) is 9.97 Å². The molecule has 3 aromatic rings. The fraction of sp³-hybridized carbons (Fsp3) is 0.150. The lowest BCUT2D eigenvalue weighted by Gasteiger charge is -2.11. The van der Waals surface area contributed by atoms with E-state index in [0.717, 1.165) is 28.1 Å². The molecule has 0 aliphatic carbocycles. The molecule has 2 N–H and O–H groups in total. The number of halogens is 2. The molecule has 136 valence electrons. The Labute approximate surface area is 166 Å². The summed E-state index contributed by atoms with van der Waals surface area (Å²) in [5.41, 5.74) is 4.10. The number of carbonyl (C=O) groups excluding carboxylic acids is 1. The highest BCUT2D eigenvalue weighted by Gasteiger charge is 2.20. The van der Waals surface area contributed by atoms with Crippen LogP contribution in [0.5, 0.6) is 0 Å². The maximum atomic E-state index is 12.1. The zero-order valence-electron chi connectivity index (χ0n) is 14.3. The molecule has 0 fully saturated rings. The number of rotatable bonds is 4. The van der Waals surface area contributed by atoms with E-state index in [-0.39, 0.29) is 12.3 Å². The second kappa shape index (κ2) is 7.55. The van der Waals surface area contributed by atoms with Crippen LogP contribution < -0.4 is 10.6 Å². The highest BCUT2D eigenvalue weighted by molar-refractivity contribution is 6.36. The van der Waals surface area contributed by atoms with Crippen molar-refractivity contribution in [1.82, 2.24) is 9.97 Å². The van der Waals surface area contributed by atoms with Crippen molar-refractivity contribution in [2.24, 2.45) is 0 Å². The minimum atomic E-state index is -0.0705. The van der Waals surface area contributed by atoms with Gasteiger partial charge < -0.3 is 10.6 Å². The largest absolute Gasteiger partial charge is 0.354 e. The first-order chi connectivity index (χ1) is 13.1. The summed E-state index contributed by atoms with van der Waals surface area (Å²) in [6.45, 7) is 0.584. The summed E-state index contributed by atoms with van der Waals surface area (Å²) in [6.07, 6.45) is 2.60. The molecule has 0 bridgehead atoms. The van der Waals surface area contributed by atoms with Gasteiger partial charge in [0.15, 0.2) is 0 Å². The Morgan fingerprint density at radius 2 is 1.85 bits per heavy atom. The predicted octanol–water partition coefficient (Wildman–Crippen LogP) is 4.60. The summed E-state index contributed by atoms with van der Waals surface area (Å²) in [7, 11) is 0. The Morgan fingerprint density at radius 3 is 2.67 bits per heavy atom. The summed E-state index contributed by atoms with van der Waals surface area (Å²) < 4.78 is 0. The number of anilines is 2. The van der Waals surface area contributed by atoms with Gasteiger partial charge in [-0.05, 0) is 30.2 Å². The summed E-state index contributed by atoms with van der Waals surface area (Å²) >= 11 is 12.4. The number of hydrogen-bond donors (Lipinski definition) is 2. The molecule has 1 aromatic heterocycles. The molecule has 1 amide bonds. The molecule has 1 aliphatic heterocycles. The van der Waals surface area contributed by atoms with E-state index in [2.05, 4.69) is 20.6 Å². The molecule has 2 aromatic carbocycles. The van der Waals surface area contributed by atoms with E-state index >= 15 is 0 Å². The van der Waals surface area contributed by atoms with E-state index in [1.54, 1.807) is 6.20 Å². The van der Waals surface area contributed by atoms with Crippen molar-refractivity contribution in [3.05, 3.63) is 69.8 Å². The topological polar surface area (TPSA) is 66.9 Å². The zero-order valence-corrected chi connectivity index (χ0v) is 15.8. The first-order valence-corrected chi connectivity index (χ1v) is 9.29. The summed E-state index contributed by atoms with van der Waals surface area (Å²) in [5, 5.41) is 7.41. The molecule has 0 atom stereocenters. The Kier molecular flexibility index (Phi) is 4.97. The highest BCUT2D eigenvalue weighted by Crippen LogP contribution is 2.32. The Balaban J connectivity index is 1.57. The molecule has 0 unspecified atom stereocenters. The van der Waals surface area contributed by atoms with Crippen molar-refractivity contribution in [3.8, 4) is 11.3 Å². The van der Waals surface area contributed by atoms with Crippen LogP contribution in [0.25, 0.3) is 11.3 Å². The molecule has 5 nitrogen and oxygen atoms in total. The van der Waals surface area contributed by atoms with Gasteiger partial charge >= 0.3 is 0 Å². The molecular formula is C20H16Cl2N4O. The SMILES string of the molecule is O=C1Cc2cnc(NCCc3c(Cl)cccc3Cl)nc2-c2ccccc2N1. The van der Waals surface area contributed by atoms with Crippen molar-refractivity contribution < 1.29 is 4.79 Å². The molecule has 0 radical (unpaired) electrons. The lowest BCUT2D eigenvalue weighted by molar-refractivity contribution is -0.115. The Morgan fingerprint density at radius 1 is 1.07 bits per heavy atom. The first kappa shape index (κ1) is 17.8. The number of nitrogens with zero attached hydrogens (tertiary/aromatic N) is 2. The standard InChI is InChI=1S/C20H16Cl2N4O/c21-15-5-3-6-16(22)13(15)8-9-23-20-24-11-12-10-18(27)25-17-7-2-1-4-14(17)19(12)26-20/h1-7,11H,8-10H2,(H,25,27)(H,23,24,26). The summed E-state index contributed by atoms with van der Waals surface area (Å²) in [6, 6.07) is 13.1. The fourth-order valence-electron chi connectivity index (χ4n) is 3.09. The molecule has 0 saturated carbocycles. The minimum absolute atomic E-state index is 0.0705. The Bertz CT molecular complexity index is 1000. The first-order valence-electron chi connectivity index (χ1n) is 8.54. The zero-order chi connectivity index (χ0) is 18.8. The normalized spacial score (nSPS) is 12.6. The highest BCUT2D eigenvalue weighted by atomic mass is 35.5. The van der Waals surface area contributed by atoms with Crippen LogP contribution in [-0.4, -0.2) is 22.4 Å². The van der Waals surface area contributed by atoms with Crippen LogP contribution in [0.4, 0.5) is 11.6 Å². The smallest absolute Gasteiger partial charge is 0.228 e.